The molecule has 8 heterocycles. The van der Waals surface area contributed by atoms with Crippen molar-refractivity contribution in [2.24, 2.45) is 0 Å². The van der Waals surface area contributed by atoms with Crippen LogP contribution in [0.1, 0.15) is 55.4 Å². The molecule has 0 saturated carbocycles. The Morgan fingerprint density at radius 1 is 0.318 bits per heavy atom. The Morgan fingerprint density at radius 2 is 0.664 bits per heavy atom. The summed E-state index contributed by atoms with van der Waals surface area (Å²) in [5, 5.41) is 13.7. The van der Waals surface area contributed by atoms with Crippen molar-refractivity contribution in [1.82, 2.24) is 39.9 Å². The van der Waals surface area contributed by atoms with Crippen molar-refractivity contribution in [3.05, 3.63) is 297 Å². The van der Waals surface area contributed by atoms with E-state index in [0.29, 0.717) is 40.0 Å². The maximum absolute atomic E-state index is 6.42. The van der Waals surface area contributed by atoms with E-state index >= 15 is 0 Å². The number of hydrogen-bond acceptors (Lipinski definition) is 13. The van der Waals surface area contributed by atoms with E-state index in [1.165, 1.54) is 23.6 Å². The average molecular weight is 1420 g/mol. The fourth-order valence-electron chi connectivity index (χ4n) is 13.8. The number of aromatic nitrogens is 8. The molecule has 107 heavy (non-hydrogen) atoms. The molecule has 13 nitrogen and oxygen atoms in total. The van der Waals surface area contributed by atoms with Gasteiger partial charge >= 0.3 is 7.12 Å². The number of nitrogens with zero attached hydrogens (tertiary/aromatic N) is 8. The van der Waals surface area contributed by atoms with Gasteiger partial charge in [-0.3, -0.25) is 9.97 Å². The van der Waals surface area contributed by atoms with Gasteiger partial charge in [-0.15, -0.1) is 0 Å². The van der Waals surface area contributed by atoms with Gasteiger partial charge in [-0.05, 0) is 126 Å². The van der Waals surface area contributed by atoms with Crippen LogP contribution < -0.4 is 5.46 Å². The zero-order chi connectivity index (χ0) is 71.0. The molecule has 2 aliphatic rings. The zero-order valence-electron chi connectivity index (χ0n) is 58.1. The normalized spacial score (nSPS) is 13.6. The van der Waals surface area contributed by atoms with Crippen LogP contribution in [0, 0.1) is 0 Å². The van der Waals surface area contributed by atoms with Crippen molar-refractivity contribution in [1.29, 1.82) is 0 Å². The van der Waals surface area contributed by atoms with Gasteiger partial charge in [-0.25, -0.2) is 29.9 Å². The standard InChI is InChI=1S/C40H24N4O.C25H16ClN3.C21H20BNO3.C4H8O.2CH4/c1-3-11-25(12-4-1)38-42-39(26-13-5-2-6-14-26)44-40(43-38)32-20-19-31(29-17-9-10-18-30(29)32)34-23-41-24-36-37(34)33-21-27-15-7-8-16-28(27)22-35(33)45-36;26-22-16-15-21(19-13-7-8-14-20(19)22)25-28-23(17-9-3-1-4-10-17)27-24(29-25)18-11-5-2-6-12-18;1-20(2)21(3,4)26-22(25-20)16-11-23-12-18-19(16)15-9-13-7-5-6-8-14(13)10-17(15)24-18;1-2-4-5-3-1;;/h1-24H;1-16H;5-12H,1-4H3;1-4H2;2*1H4. The van der Waals surface area contributed by atoms with Crippen LogP contribution in [-0.4, -0.2) is 71.4 Å². The van der Waals surface area contributed by atoms with Crippen LogP contribution in [0.15, 0.2) is 301 Å². The van der Waals surface area contributed by atoms with Gasteiger partial charge in [0.15, 0.2) is 46.1 Å². The summed E-state index contributed by atoms with van der Waals surface area (Å²) in [6, 6.07) is 89.9. The molecular weight excluding hydrogens is 1340 g/mol. The van der Waals surface area contributed by atoms with Gasteiger partial charge in [0.1, 0.15) is 11.2 Å². The van der Waals surface area contributed by atoms with Gasteiger partial charge in [0.2, 0.25) is 0 Å². The molecule has 2 fully saturated rings. The van der Waals surface area contributed by atoms with Gasteiger partial charge in [0, 0.05) is 102 Å². The molecule has 18 aromatic rings. The molecule has 524 valence electrons. The molecule has 0 spiro atoms. The van der Waals surface area contributed by atoms with E-state index in [9.17, 15) is 0 Å². The number of furan rings is 2. The molecule has 6 aromatic heterocycles. The van der Waals surface area contributed by atoms with Crippen LogP contribution in [0.4, 0.5) is 0 Å². The van der Waals surface area contributed by atoms with Crippen molar-refractivity contribution in [3.63, 3.8) is 0 Å². The number of benzene rings is 12. The highest BCUT2D eigenvalue weighted by Gasteiger charge is 2.52. The van der Waals surface area contributed by atoms with Crippen LogP contribution in [0.2, 0.25) is 5.02 Å². The van der Waals surface area contributed by atoms with Gasteiger partial charge in [-0.1, -0.05) is 251 Å². The first kappa shape index (κ1) is 70.5. The van der Waals surface area contributed by atoms with Crippen molar-refractivity contribution in [2.75, 3.05) is 13.2 Å². The quantitative estimate of drug-likeness (QED) is 0.133. The molecule has 0 aliphatic carbocycles. The molecule has 2 aliphatic heterocycles. The first-order chi connectivity index (χ1) is 51.4. The minimum Gasteiger partial charge on any atom is -0.454 e. The highest BCUT2D eigenvalue weighted by atomic mass is 35.5. The summed E-state index contributed by atoms with van der Waals surface area (Å²) >= 11 is 6.42. The first-order valence-corrected chi connectivity index (χ1v) is 35.6. The molecule has 0 N–H and O–H groups in total. The van der Waals surface area contributed by atoms with Crippen LogP contribution in [-0.2, 0) is 14.0 Å². The minimum absolute atomic E-state index is 0. The lowest BCUT2D eigenvalue weighted by atomic mass is 9.77. The molecule has 0 unspecified atom stereocenters. The van der Waals surface area contributed by atoms with Crippen LogP contribution in [0.25, 0.3) is 166 Å². The molecule has 0 amide bonds. The molecule has 12 aromatic carbocycles. The molecule has 0 bridgehead atoms. The topological polar surface area (TPSA) is 157 Å². The first-order valence-electron chi connectivity index (χ1n) is 35.2. The van der Waals surface area contributed by atoms with E-state index in [4.69, 9.17) is 64.4 Å². The van der Waals surface area contributed by atoms with Crippen molar-refractivity contribution < 1.29 is 22.9 Å². The smallest absolute Gasteiger partial charge is 0.454 e. The fourth-order valence-corrected chi connectivity index (χ4v) is 14.0. The Labute approximate surface area is 626 Å². The van der Waals surface area contributed by atoms with Gasteiger partial charge in [0.25, 0.3) is 0 Å². The number of halogens is 1. The Kier molecular flexibility index (Phi) is 19.8. The zero-order valence-corrected chi connectivity index (χ0v) is 58.9. The van der Waals surface area contributed by atoms with Crippen LogP contribution in [0.3, 0.4) is 0 Å². The summed E-state index contributed by atoms with van der Waals surface area (Å²) in [6.45, 7) is 10.2. The van der Waals surface area contributed by atoms with Gasteiger partial charge in [-0.2, -0.15) is 0 Å². The van der Waals surface area contributed by atoms with Gasteiger partial charge < -0.3 is 22.9 Å². The number of rotatable bonds is 8. The lowest BCUT2D eigenvalue weighted by molar-refractivity contribution is 0.00578. The molecule has 0 atom stereocenters. The number of hydrogen-bond donors (Lipinski definition) is 0. The highest BCUT2D eigenvalue weighted by molar-refractivity contribution is 6.66. The van der Waals surface area contributed by atoms with E-state index < -0.39 is 18.3 Å². The second-order valence-electron chi connectivity index (χ2n) is 27.1. The molecule has 2 saturated heterocycles. The highest BCUT2D eigenvalue weighted by Crippen LogP contribution is 2.44. The summed E-state index contributed by atoms with van der Waals surface area (Å²) in [4.78, 5) is 38.3. The lowest BCUT2D eigenvalue weighted by Gasteiger charge is -2.32. The van der Waals surface area contributed by atoms with E-state index in [0.717, 1.165) is 139 Å². The third-order valence-corrected chi connectivity index (χ3v) is 20.2. The minimum atomic E-state index is -0.469. The Bertz CT molecular complexity index is 6120. The third-order valence-electron chi connectivity index (χ3n) is 19.8. The van der Waals surface area contributed by atoms with E-state index in [-0.39, 0.29) is 14.9 Å². The predicted octanol–water partition coefficient (Wildman–Crippen LogP) is 23.3. The lowest BCUT2D eigenvalue weighted by Crippen LogP contribution is -2.41. The summed E-state index contributed by atoms with van der Waals surface area (Å²) in [5.74, 6) is 3.83. The second-order valence-corrected chi connectivity index (χ2v) is 27.5. The Morgan fingerprint density at radius 3 is 1.10 bits per heavy atom. The van der Waals surface area contributed by atoms with Crippen LogP contribution >= 0.6 is 11.6 Å². The van der Waals surface area contributed by atoms with E-state index in [1.807, 2.05) is 182 Å². The SMILES string of the molecule is C.C.C1CCOC1.CC1(C)OB(c2cncc3oc4cc5ccccc5cc4c23)OC1(C)C.Clc1ccc(-c2nc(-c3ccccc3)nc(-c3ccccc3)n2)c2ccccc12.c1ccc(-c2nc(-c3ccccc3)nc(-c3ccc(-c4cncc5oc6cc7ccccc7cc6c45)c4ccccc34)n2)cc1. The number of fused-ring (bicyclic) bond motifs is 10. The van der Waals surface area contributed by atoms with Crippen molar-refractivity contribution >= 4 is 111 Å². The number of ether oxygens (including phenoxy) is 1. The summed E-state index contributed by atoms with van der Waals surface area (Å²) in [7, 11) is -0.469. The van der Waals surface area contributed by atoms with E-state index in [1.54, 1.807) is 12.4 Å². The Balaban J connectivity index is 0.000000128. The maximum atomic E-state index is 6.42. The second kappa shape index (κ2) is 30.1. The average Bonchev–Trinajstić information content (AvgIpc) is 1.63. The van der Waals surface area contributed by atoms with Crippen molar-refractivity contribution in [3.8, 4) is 79.5 Å². The maximum Gasteiger partial charge on any atom is 0.497 e. The summed E-state index contributed by atoms with van der Waals surface area (Å²) in [5.41, 5.74) is 11.1. The molecule has 15 heteroatoms. The largest absolute Gasteiger partial charge is 0.497 e. The summed E-state index contributed by atoms with van der Waals surface area (Å²) < 4.78 is 29.9. The fraction of sp³-hybridized carbons (Fsp3) is 0.130. The molecular formula is C92H76BClN8O5. The molecule has 20 rings (SSSR count). The summed E-state index contributed by atoms with van der Waals surface area (Å²) in [6.07, 6.45) is 9.89. The van der Waals surface area contributed by atoms with Crippen LogP contribution in [0.5, 0.6) is 0 Å². The molecule has 0 radical (unpaired) electrons. The number of pyridine rings is 2. The third kappa shape index (κ3) is 14.0. The Hall–Kier alpha value is -12.2. The van der Waals surface area contributed by atoms with Gasteiger partial charge in [0.05, 0.1) is 23.6 Å². The monoisotopic (exact) mass is 1420 g/mol. The van der Waals surface area contributed by atoms with E-state index in [2.05, 4.69) is 135 Å². The van der Waals surface area contributed by atoms with Crippen molar-refractivity contribution in [2.45, 2.75) is 66.6 Å². The predicted molar refractivity (Wildman–Crippen MR) is 439 cm³/mol.